The summed E-state index contributed by atoms with van der Waals surface area (Å²) in [7, 11) is 0. The van der Waals surface area contributed by atoms with Crippen molar-refractivity contribution < 1.29 is 14.3 Å². The molecular weight excluding hydrogens is 113 g/mol. The molecule has 0 bridgehead atoms. The van der Waals surface area contributed by atoms with Crippen molar-refractivity contribution in [1.82, 2.24) is 5.32 Å². The third-order valence-corrected chi connectivity index (χ3v) is 0.666. The van der Waals surface area contributed by atoms with E-state index < -0.39 is 0 Å². The lowest BCUT2D eigenvalue weighted by atomic mass is 10.4. The van der Waals surface area contributed by atoms with Crippen LogP contribution in [0.1, 0.15) is 6.92 Å². The summed E-state index contributed by atoms with van der Waals surface area (Å²) in [5.74, 6) is 0. The van der Waals surface area contributed by atoms with Crippen LogP contribution in [-0.2, 0) is 9.74 Å². The Kier molecular flexibility index (Phi) is 4.16. The largest absolute Gasteiger partial charge is 0.354 e. The van der Waals surface area contributed by atoms with Gasteiger partial charge < -0.3 is 5.32 Å². The highest BCUT2D eigenvalue weighted by molar-refractivity contribution is 5.46. The van der Waals surface area contributed by atoms with Gasteiger partial charge in [0.2, 0.25) is 6.41 Å². The summed E-state index contributed by atoms with van der Waals surface area (Å²) in [5.41, 5.74) is 0. The van der Waals surface area contributed by atoms with Gasteiger partial charge in [-0.25, -0.2) is 0 Å². The van der Waals surface area contributed by atoms with Gasteiger partial charge in [0.1, 0.15) is 6.61 Å². The molecule has 0 aromatic heterocycles. The van der Waals surface area contributed by atoms with Crippen molar-refractivity contribution in [1.29, 1.82) is 0 Å². The Morgan fingerprint density at radius 2 is 2.62 bits per heavy atom. The van der Waals surface area contributed by atoms with E-state index in [1.165, 1.54) is 0 Å². The van der Waals surface area contributed by atoms with E-state index >= 15 is 0 Å². The van der Waals surface area contributed by atoms with Crippen LogP contribution >= 0.6 is 0 Å². The van der Waals surface area contributed by atoms with Gasteiger partial charge in [-0.3, -0.25) is 4.79 Å². The minimum Gasteiger partial charge on any atom is -0.354 e. The van der Waals surface area contributed by atoms with Crippen LogP contribution in [0.2, 0.25) is 0 Å². The molecule has 0 aliphatic heterocycles. The Labute approximate surface area is 46.7 Å². The van der Waals surface area contributed by atoms with Crippen LogP contribution in [0.3, 0.4) is 0 Å². The molecule has 0 aliphatic rings. The lowest BCUT2D eigenvalue weighted by Crippen LogP contribution is -2.27. The molecule has 48 valence electrons. The standard InChI is InChI=1S/C4H8FNO2/c1-4(2-8-5)6-3-7/h3-4H,2H2,1H3,(H,6,7). The van der Waals surface area contributed by atoms with Crippen molar-refractivity contribution in [2.24, 2.45) is 0 Å². The number of hydrogen-bond donors (Lipinski definition) is 1. The molecule has 8 heavy (non-hydrogen) atoms. The molecular formula is C4H8FNO2. The van der Waals surface area contributed by atoms with E-state index in [0.717, 1.165) is 0 Å². The maximum absolute atomic E-state index is 10.9. The number of hydrogen-bond acceptors (Lipinski definition) is 2. The van der Waals surface area contributed by atoms with Crippen molar-refractivity contribution in [3.63, 3.8) is 0 Å². The first kappa shape index (κ1) is 7.36. The number of carbonyl (C=O) groups excluding carboxylic acids is 1. The molecule has 0 spiro atoms. The number of nitrogens with one attached hydrogen (secondary N) is 1. The maximum atomic E-state index is 10.9. The van der Waals surface area contributed by atoms with Crippen LogP contribution in [-0.4, -0.2) is 19.1 Å². The Morgan fingerprint density at radius 1 is 2.00 bits per heavy atom. The molecule has 0 saturated heterocycles. The quantitative estimate of drug-likeness (QED) is 0.532. The van der Waals surface area contributed by atoms with Gasteiger partial charge in [-0.05, 0) is 11.4 Å². The van der Waals surface area contributed by atoms with Crippen LogP contribution in [0.15, 0.2) is 0 Å². The molecule has 0 fully saturated rings. The Morgan fingerprint density at radius 3 is 3.00 bits per heavy atom. The summed E-state index contributed by atoms with van der Waals surface area (Å²) in [4.78, 5) is 12.8. The number of rotatable bonds is 4. The zero-order valence-corrected chi connectivity index (χ0v) is 4.56. The minimum atomic E-state index is -0.252. The summed E-state index contributed by atoms with van der Waals surface area (Å²) in [6, 6.07) is -0.252. The number of halogens is 1. The average Bonchev–Trinajstić information content (AvgIpc) is 1.68. The highest BCUT2D eigenvalue weighted by atomic mass is 19.3. The van der Waals surface area contributed by atoms with Gasteiger partial charge in [0.25, 0.3) is 0 Å². The molecule has 0 aromatic carbocycles. The molecule has 4 heteroatoms. The maximum Gasteiger partial charge on any atom is 0.207 e. The van der Waals surface area contributed by atoms with Crippen molar-refractivity contribution >= 4 is 6.41 Å². The molecule has 1 unspecified atom stereocenters. The molecule has 0 heterocycles. The smallest absolute Gasteiger partial charge is 0.207 e. The lowest BCUT2D eigenvalue weighted by molar-refractivity contribution is -0.139. The van der Waals surface area contributed by atoms with E-state index in [0.29, 0.717) is 6.41 Å². The van der Waals surface area contributed by atoms with Gasteiger partial charge in [-0.2, -0.15) is 4.94 Å². The molecule has 0 saturated carbocycles. The third-order valence-electron chi connectivity index (χ3n) is 0.666. The van der Waals surface area contributed by atoms with Crippen LogP contribution in [0, 0.1) is 0 Å². The van der Waals surface area contributed by atoms with Gasteiger partial charge in [0, 0.05) is 0 Å². The topological polar surface area (TPSA) is 38.3 Å². The van der Waals surface area contributed by atoms with E-state index in [-0.39, 0.29) is 12.6 Å². The van der Waals surface area contributed by atoms with E-state index in [9.17, 15) is 9.32 Å². The Hall–Kier alpha value is -0.640. The van der Waals surface area contributed by atoms with Gasteiger partial charge >= 0.3 is 0 Å². The van der Waals surface area contributed by atoms with Crippen molar-refractivity contribution in [3.8, 4) is 0 Å². The molecule has 1 N–H and O–H groups in total. The lowest BCUT2D eigenvalue weighted by Gasteiger charge is -2.03. The second-order valence-electron chi connectivity index (χ2n) is 1.46. The summed E-state index contributed by atoms with van der Waals surface area (Å²) >= 11 is 0. The predicted molar refractivity (Wildman–Crippen MR) is 25.7 cm³/mol. The van der Waals surface area contributed by atoms with E-state index in [1.807, 2.05) is 0 Å². The Bertz CT molecular complexity index is 69.1. The summed E-state index contributed by atoms with van der Waals surface area (Å²) in [6.45, 7) is 1.53. The molecule has 0 rings (SSSR count). The zero-order valence-electron chi connectivity index (χ0n) is 4.56. The van der Waals surface area contributed by atoms with Crippen molar-refractivity contribution in [3.05, 3.63) is 0 Å². The first-order valence-electron chi connectivity index (χ1n) is 2.24. The van der Waals surface area contributed by atoms with Gasteiger partial charge in [-0.15, -0.1) is 0 Å². The summed E-state index contributed by atoms with van der Waals surface area (Å²) < 4.78 is 10.9. The number of amides is 1. The average molecular weight is 121 g/mol. The molecule has 1 amide bonds. The molecule has 0 radical (unpaired) electrons. The van der Waals surface area contributed by atoms with Crippen LogP contribution in [0.5, 0.6) is 0 Å². The van der Waals surface area contributed by atoms with Gasteiger partial charge in [0.15, 0.2) is 0 Å². The minimum absolute atomic E-state index is 0.0985. The fraction of sp³-hybridized carbons (Fsp3) is 0.750. The highest BCUT2D eigenvalue weighted by Crippen LogP contribution is 1.80. The third kappa shape index (κ3) is 3.55. The first-order valence-corrected chi connectivity index (χ1v) is 2.24. The fourth-order valence-electron chi connectivity index (χ4n) is 0.259. The van der Waals surface area contributed by atoms with Gasteiger partial charge in [0.05, 0.1) is 6.04 Å². The van der Waals surface area contributed by atoms with E-state index in [1.54, 1.807) is 6.92 Å². The van der Waals surface area contributed by atoms with E-state index in [2.05, 4.69) is 10.3 Å². The molecule has 0 aliphatic carbocycles. The van der Waals surface area contributed by atoms with E-state index in [4.69, 9.17) is 0 Å². The Balaban J connectivity index is 3.03. The SMILES string of the molecule is CC(COF)NC=O. The predicted octanol–water partition coefficient (Wildman–Crippen LogP) is 0.0220. The number of carbonyl (C=O) groups is 1. The van der Waals surface area contributed by atoms with Crippen LogP contribution in [0.25, 0.3) is 0 Å². The summed E-state index contributed by atoms with van der Waals surface area (Å²) in [6.07, 6.45) is 0.504. The van der Waals surface area contributed by atoms with Crippen LogP contribution < -0.4 is 5.32 Å². The fourth-order valence-corrected chi connectivity index (χ4v) is 0.259. The molecule has 3 nitrogen and oxygen atoms in total. The van der Waals surface area contributed by atoms with Crippen molar-refractivity contribution in [2.75, 3.05) is 6.61 Å². The summed E-state index contributed by atoms with van der Waals surface area (Å²) in [5, 5.41) is 2.30. The molecule has 1 atom stereocenters. The monoisotopic (exact) mass is 121 g/mol. The second-order valence-corrected chi connectivity index (χ2v) is 1.46. The molecule has 0 aromatic rings. The first-order chi connectivity index (χ1) is 3.81. The zero-order chi connectivity index (χ0) is 6.41. The van der Waals surface area contributed by atoms with Crippen molar-refractivity contribution in [2.45, 2.75) is 13.0 Å². The second kappa shape index (κ2) is 4.52. The highest BCUT2D eigenvalue weighted by Gasteiger charge is 1.96. The van der Waals surface area contributed by atoms with Crippen LogP contribution in [0.4, 0.5) is 4.53 Å². The van der Waals surface area contributed by atoms with Gasteiger partial charge in [-0.1, -0.05) is 0 Å². The normalized spacial score (nSPS) is 12.8.